The summed E-state index contributed by atoms with van der Waals surface area (Å²) in [5.74, 6) is -2.97. The minimum Gasteiger partial charge on any atom is -0.496 e. The fourth-order valence-corrected chi connectivity index (χ4v) is 5.25. The number of likely N-dealkylation sites (tertiary alicyclic amines) is 1. The van der Waals surface area contributed by atoms with Gasteiger partial charge in [0.25, 0.3) is 5.92 Å². The van der Waals surface area contributed by atoms with Crippen LogP contribution in [0.5, 0.6) is 5.75 Å². The molecule has 0 saturated carbocycles. The fourth-order valence-electron chi connectivity index (χ4n) is 5.25. The van der Waals surface area contributed by atoms with Gasteiger partial charge in [-0.2, -0.15) is 10.2 Å². The molecule has 3 aromatic heterocycles. The maximum absolute atomic E-state index is 15.3. The second kappa shape index (κ2) is 9.09. The molecule has 1 aliphatic heterocycles. The molecule has 0 radical (unpaired) electrons. The smallest absolute Gasteiger partial charge is 0.282 e. The summed E-state index contributed by atoms with van der Waals surface area (Å²) in [4.78, 5) is 6.12. The highest BCUT2D eigenvalue weighted by atomic mass is 19.3. The predicted octanol–water partition coefficient (Wildman–Crippen LogP) is 5.19. The zero-order valence-electron chi connectivity index (χ0n) is 21.2. The van der Waals surface area contributed by atoms with Crippen LogP contribution in [-0.4, -0.2) is 67.6 Å². The quantitative estimate of drug-likeness (QED) is 0.317. The van der Waals surface area contributed by atoms with Crippen LogP contribution in [0.3, 0.4) is 0 Å². The SMILES string of the molecule is CCn1cnc2c(-c3ccc(F)c(-c4cc5cn([C@@H]6CCN(C)CC6(F)F)nc5cc4OC)c3)cnnc21. The number of nitrogens with zero attached hydrogens (tertiary/aromatic N) is 7. The van der Waals surface area contributed by atoms with Crippen molar-refractivity contribution in [2.75, 3.05) is 27.2 Å². The maximum atomic E-state index is 15.3. The van der Waals surface area contributed by atoms with Gasteiger partial charge in [-0.25, -0.2) is 18.2 Å². The number of rotatable bonds is 5. The Labute approximate surface area is 216 Å². The van der Waals surface area contributed by atoms with E-state index < -0.39 is 17.8 Å². The number of halogens is 3. The van der Waals surface area contributed by atoms with Crippen molar-refractivity contribution < 1.29 is 17.9 Å². The average Bonchev–Trinajstić information content (AvgIpc) is 3.51. The molecule has 196 valence electrons. The van der Waals surface area contributed by atoms with E-state index in [0.717, 1.165) is 5.56 Å². The van der Waals surface area contributed by atoms with Crippen molar-refractivity contribution in [1.82, 2.24) is 34.4 Å². The summed E-state index contributed by atoms with van der Waals surface area (Å²) in [6, 6.07) is 7.13. The van der Waals surface area contributed by atoms with E-state index in [0.29, 0.717) is 57.6 Å². The van der Waals surface area contributed by atoms with E-state index in [2.05, 4.69) is 20.3 Å². The number of benzene rings is 2. The fraction of sp³-hybridized carbons (Fsp3) is 0.333. The molecule has 1 aliphatic rings. The van der Waals surface area contributed by atoms with Gasteiger partial charge in [0.2, 0.25) is 0 Å². The van der Waals surface area contributed by atoms with Gasteiger partial charge in [-0.3, -0.25) is 4.68 Å². The van der Waals surface area contributed by atoms with Crippen LogP contribution >= 0.6 is 0 Å². The van der Waals surface area contributed by atoms with Crippen LogP contribution in [0, 0.1) is 5.82 Å². The summed E-state index contributed by atoms with van der Waals surface area (Å²) in [6.45, 7) is 2.91. The highest BCUT2D eigenvalue weighted by molar-refractivity contribution is 5.92. The van der Waals surface area contributed by atoms with Gasteiger partial charge in [-0.1, -0.05) is 6.07 Å². The zero-order valence-corrected chi connectivity index (χ0v) is 21.2. The first-order valence-corrected chi connectivity index (χ1v) is 12.4. The van der Waals surface area contributed by atoms with Crippen LogP contribution in [-0.2, 0) is 6.54 Å². The topological polar surface area (TPSA) is 73.9 Å². The third kappa shape index (κ3) is 3.97. The lowest BCUT2D eigenvalue weighted by Gasteiger charge is -2.36. The number of piperidine rings is 1. The first-order valence-electron chi connectivity index (χ1n) is 12.4. The Hall–Kier alpha value is -3.99. The van der Waals surface area contributed by atoms with Gasteiger partial charge in [0.05, 0.1) is 31.7 Å². The number of alkyl halides is 2. The van der Waals surface area contributed by atoms with Crippen molar-refractivity contribution >= 4 is 22.1 Å². The highest BCUT2D eigenvalue weighted by Gasteiger charge is 2.45. The van der Waals surface area contributed by atoms with Crippen molar-refractivity contribution in [3.05, 3.63) is 54.9 Å². The van der Waals surface area contributed by atoms with Crippen molar-refractivity contribution in [2.24, 2.45) is 0 Å². The zero-order chi connectivity index (χ0) is 26.6. The average molecular weight is 522 g/mol. The van der Waals surface area contributed by atoms with Crippen LogP contribution < -0.4 is 4.74 Å². The molecule has 2 aromatic carbocycles. The summed E-state index contributed by atoms with van der Waals surface area (Å²) >= 11 is 0. The molecule has 0 N–H and O–H groups in total. The lowest BCUT2D eigenvalue weighted by Crippen LogP contribution is -2.47. The van der Waals surface area contributed by atoms with Crippen LogP contribution in [0.15, 0.2) is 49.1 Å². The Morgan fingerprint density at radius 2 is 1.97 bits per heavy atom. The molecule has 5 aromatic rings. The Morgan fingerprint density at radius 1 is 1.13 bits per heavy atom. The van der Waals surface area contributed by atoms with Crippen molar-refractivity contribution in [1.29, 1.82) is 0 Å². The van der Waals surface area contributed by atoms with E-state index in [1.807, 2.05) is 11.5 Å². The molecule has 0 spiro atoms. The van der Waals surface area contributed by atoms with Crippen LogP contribution in [0.4, 0.5) is 13.2 Å². The summed E-state index contributed by atoms with van der Waals surface area (Å²) in [5, 5.41) is 13.4. The van der Waals surface area contributed by atoms with Gasteiger partial charge in [-0.05, 0) is 44.2 Å². The third-order valence-electron chi connectivity index (χ3n) is 7.23. The van der Waals surface area contributed by atoms with Crippen molar-refractivity contribution in [2.45, 2.75) is 31.9 Å². The molecular weight excluding hydrogens is 495 g/mol. The molecule has 8 nitrogen and oxygen atoms in total. The number of hydrogen-bond acceptors (Lipinski definition) is 6. The number of fused-ring (bicyclic) bond motifs is 2. The minimum absolute atomic E-state index is 0.278. The van der Waals surface area contributed by atoms with Gasteiger partial charge in [0.1, 0.15) is 23.1 Å². The largest absolute Gasteiger partial charge is 0.496 e. The Kier molecular flexibility index (Phi) is 5.82. The summed E-state index contributed by atoms with van der Waals surface area (Å²) in [6.07, 6.45) is 5.20. The summed E-state index contributed by atoms with van der Waals surface area (Å²) in [7, 11) is 3.17. The molecule has 1 atom stereocenters. The Morgan fingerprint density at radius 3 is 2.74 bits per heavy atom. The number of methoxy groups -OCH3 is 1. The monoisotopic (exact) mass is 521 g/mol. The molecule has 0 amide bonds. The van der Waals surface area contributed by atoms with Gasteiger partial charge < -0.3 is 14.2 Å². The number of imidazole rings is 1. The number of ether oxygens (including phenoxy) is 1. The lowest BCUT2D eigenvalue weighted by atomic mass is 9.97. The van der Waals surface area contributed by atoms with E-state index in [-0.39, 0.29) is 13.0 Å². The standard InChI is InChI=1S/C27H26F3N7O/c1-4-36-15-31-25-20(12-32-33-26(25)36)16-5-6-21(28)18(9-16)19-10-17-13-37(34-22(17)11-23(19)38-3)24-7-8-35(2)14-27(24,29)30/h5-6,9-13,15,24H,4,7-8,14H2,1-3H3/t24-/m1/s1. The minimum atomic E-state index is -2.92. The van der Waals surface area contributed by atoms with Crippen molar-refractivity contribution in [3.63, 3.8) is 0 Å². The van der Waals surface area contributed by atoms with E-state index in [9.17, 15) is 8.78 Å². The Balaban J connectivity index is 1.46. The lowest BCUT2D eigenvalue weighted by molar-refractivity contribution is -0.101. The third-order valence-corrected chi connectivity index (χ3v) is 7.23. The van der Waals surface area contributed by atoms with Crippen molar-refractivity contribution in [3.8, 4) is 28.0 Å². The van der Waals surface area contributed by atoms with Crippen LogP contribution in [0.2, 0.25) is 0 Å². The molecule has 0 bridgehead atoms. The summed E-state index contributed by atoms with van der Waals surface area (Å²) in [5.41, 5.74) is 4.05. The Bertz CT molecular complexity index is 1660. The van der Waals surface area contributed by atoms with E-state index in [1.165, 1.54) is 17.9 Å². The number of aryl methyl sites for hydroxylation is 1. The molecule has 6 rings (SSSR count). The number of aromatic nitrogens is 6. The van der Waals surface area contributed by atoms with E-state index in [4.69, 9.17) is 4.74 Å². The van der Waals surface area contributed by atoms with E-state index >= 15 is 4.39 Å². The number of hydrogen-bond donors (Lipinski definition) is 0. The first kappa shape index (κ1) is 24.4. The molecular formula is C27H26F3N7O. The molecule has 11 heteroatoms. The molecule has 38 heavy (non-hydrogen) atoms. The summed E-state index contributed by atoms with van der Waals surface area (Å²) < 4.78 is 53.7. The van der Waals surface area contributed by atoms with E-state index in [1.54, 1.807) is 54.9 Å². The molecule has 1 saturated heterocycles. The van der Waals surface area contributed by atoms with Gasteiger partial charge in [-0.15, -0.1) is 5.10 Å². The van der Waals surface area contributed by atoms with Crippen LogP contribution in [0.25, 0.3) is 44.3 Å². The molecule has 0 aliphatic carbocycles. The maximum Gasteiger partial charge on any atom is 0.282 e. The second-order valence-electron chi connectivity index (χ2n) is 9.68. The van der Waals surface area contributed by atoms with Gasteiger partial charge >= 0.3 is 0 Å². The van der Waals surface area contributed by atoms with Crippen LogP contribution in [0.1, 0.15) is 19.4 Å². The molecule has 1 fully saturated rings. The molecule has 0 unspecified atom stereocenters. The normalized spacial score (nSPS) is 17.9. The first-order chi connectivity index (χ1) is 18.3. The highest BCUT2D eigenvalue weighted by Crippen LogP contribution is 2.40. The van der Waals surface area contributed by atoms with Gasteiger partial charge in [0.15, 0.2) is 5.65 Å². The second-order valence-corrected chi connectivity index (χ2v) is 9.68. The predicted molar refractivity (Wildman–Crippen MR) is 138 cm³/mol. The van der Waals surface area contributed by atoms with Gasteiger partial charge in [0, 0.05) is 47.4 Å². The molecule has 4 heterocycles.